The molecule has 1 amide bonds. The van der Waals surface area contributed by atoms with Crippen LogP contribution in [0.25, 0.3) is 16.6 Å². The third-order valence-electron chi connectivity index (χ3n) is 4.61. The number of rotatable bonds is 5. The minimum absolute atomic E-state index is 0.0236. The van der Waals surface area contributed by atoms with Gasteiger partial charge in [-0.2, -0.15) is 5.10 Å². The fraction of sp³-hybridized carbons (Fsp3) is 0.0952. The Kier molecular flexibility index (Phi) is 5.59. The standard InChI is InChI=1S/C21H16BrFN4O3S/c1-31(29,30)18-10-5-13(11-24-18)12-25-21(28)16-3-2-4-17-19(16)20(22)26-27(17)15-8-6-14(23)7-9-15/h2-11H,12H2,1H3,(H,25,28). The van der Waals surface area contributed by atoms with Crippen LogP contribution in [0.15, 0.2) is 70.4 Å². The van der Waals surface area contributed by atoms with Gasteiger partial charge in [-0.25, -0.2) is 22.5 Å². The average molecular weight is 503 g/mol. The minimum Gasteiger partial charge on any atom is -0.348 e. The van der Waals surface area contributed by atoms with Crippen molar-refractivity contribution in [2.45, 2.75) is 11.6 Å². The lowest BCUT2D eigenvalue weighted by Gasteiger charge is -2.08. The molecule has 2 heterocycles. The Labute approximate surface area is 186 Å². The largest absolute Gasteiger partial charge is 0.348 e. The highest BCUT2D eigenvalue weighted by molar-refractivity contribution is 9.10. The number of amides is 1. The Morgan fingerprint density at radius 3 is 2.52 bits per heavy atom. The third kappa shape index (κ3) is 4.35. The quantitative estimate of drug-likeness (QED) is 0.449. The lowest BCUT2D eigenvalue weighted by molar-refractivity contribution is 0.0952. The van der Waals surface area contributed by atoms with E-state index in [1.807, 2.05) is 6.07 Å². The van der Waals surface area contributed by atoms with Crippen LogP contribution in [-0.2, 0) is 16.4 Å². The van der Waals surface area contributed by atoms with Gasteiger partial charge in [-0.3, -0.25) is 4.79 Å². The number of hydrogen-bond donors (Lipinski definition) is 1. The van der Waals surface area contributed by atoms with Crippen molar-refractivity contribution >= 4 is 42.6 Å². The van der Waals surface area contributed by atoms with Crippen LogP contribution < -0.4 is 5.32 Å². The maximum absolute atomic E-state index is 13.3. The van der Waals surface area contributed by atoms with E-state index in [9.17, 15) is 17.6 Å². The van der Waals surface area contributed by atoms with Gasteiger partial charge in [-0.05, 0) is 64.0 Å². The monoisotopic (exact) mass is 502 g/mol. The first-order valence-electron chi connectivity index (χ1n) is 9.10. The Morgan fingerprint density at radius 1 is 1.13 bits per heavy atom. The molecule has 0 spiro atoms. The second-order valence-electron chi connectivity index (χ2n) is 6.84. The van der Waals surface area contributed by atoms with Gasteiger partial charge in [-0.15, -0.1) is 0 Å². The number of sulfone groups is 1. The van der Waals surface area contributed by atoms with Gasteiger partial charge in [0.2, 0.25) is 0 Å². The van der Waals surface area contributed by atoms with Gasteiger partial charge >= 0.3 is 0 Å². The zero-order chi connectivity index (χ0) is 22.2. The number of benzene rings is 2. The zero-order valence-electron chi connectivity index (χ0n) is 16.2. The fourth-order valence-electron chi connectivity index (χ4n) is 3.11. The van der Waals surface area contributed by atoms with Crippen molar-refractivity contribution in [2.75, 3.05) is 6.26 Å². The van der Waals surface area contributed by atoms with Crippen LogP contribution in [0.1, 0.15) is 15.9 Å². The Morgan fingerprint density at radius 2 is 1.87 bits per heavy atom. The molecule has 7 nitrogen and oxygen atoms in total. The molecule has 10 heteroatoms. The highest BCUT2D eigenvalue weighted by Crippen LogP contribution is 2.29. The molecule has 158 valence electrons. The van der Waals surface area contributed by atoms with E-state index in [1.165, 1.54) is 24.4 Å². The molecule has 0 unspecified atom stereocenters. The summed E-state index contributed by atoms with van der Waals surface area (Å²) >= 11 is 3.42. The highest BCUT2D eigenvalue weighted by atomic mass is 79.9. The number of carbonyl (C=O) groups excluding carboxylic acids is 1. The Bertz CT molecular complexity index is 1380. The molecule has 0 bridgehead atoms. The van der Waals surface area contributed by atoms with Gasteiger partial charge in [-0.1, -0.05) is 12.1 Å². The second-order valence-corrected chi connectivity index (χ2v) is 9.55. The number of aromatic nitrogens is 3. The van der Waals surface area contributed by atoms with Crippen molar-refractivity contribution < 1.29 is 17.6 Å². The summed E-state index contributed by atoms with van der Waals surface area (Å²) in [5.41, 5.74) is 2.42. The topological polar surface area (TPSA) is 94.0 Å². The zero-order valence-corrected chi connectivity index (χ0v) is 18.6. The van der Waals surface area contributed by atoms with E-state index >= 15 is 0 Å². The predicted molar refractivity (Wildman–Crippen MR) is 117 cm³/mol. The van der Waals surface area contributed by atoms with Crippen LogP contribution in [0.2, 0.25) is 0 Å². The number of hydrogen-bond acceptors (Lipinski definition) is 5. The van der Waals surface area contributed by atoms with Crippen molar-refractivity contribution in [3.8, 4) is 5.69 Å². The van der Waals surface area contributed by atoms with Crippen LogP contribution in [0.3, 0.4) is 0 Å². The van der Waals surface area contributed by atoms with Crippen LogP contribution in [0.5, 0.6) is 0 Å². The van der Waals surface area contributed by atoms with Crippen LogP contribution in [0.4, 0.5) is 4.39 Å². The van der Waals surface area contributed by atoms with Gasteiger partial charge < -0.3 is 5.32 Å². The highest BCUT2D eigenvalue weighted by Gasteiger charge is 2.18. The van der Waals surface area contributed by atoms with E-state index in [-0.39, 0.29) is 23.3 Å². The summed E-state index contributed by atoms with van der Waals surface area (Å²) in [4.78, 5) is 16.8. The van der Waals surface area contributed by atoms with E-state index in [2.05, 4.69) is 31.3 Å². The first-order valence-corrected chi connectivity index (χ1v) is 11.8. The number of halogens is 2. The van der Waals surface area contributed by atoms with E-state index in [0.29, 0.717) is 32.3 Å². The summed E-state index contributed by atoms with van der Waals surface area (Å²) in [5, 5.41) is 7.86. The van der Waals surface area contributed by atoms with Gasteiger partial charge in [0.1, 0.15) is 10.4 Å². The molecule has 0 aliphatic heterocycles. The smallest absolute Gasteiger partial charge is 0.252 e. The number of carbonyl (C=O) groups is 1. The molecule has 0 saturated heterocycles. The number of nitrogens with zero attached hydrogens (tertiary/aromatic N) is 3. The van der Waals surface area contributed by atoms with Gasteiger partial charge in [0, 0.05) is 24.4 Å². The van der Waals surface area contributed by atoms with Crippen LogP contribution in [0, 0.1) is 5.82 Å². The van der Waals surface area contributed by atoms with Crippen LogP contribution in [-0.4, -0.2) is 35.3 Å². The normalized spacial score (nSPS) is 11.6. The predicted octanol–water partition coefficient (Wildman–Crippen LogP) is 3.66. The van der Waals surface area contributed by atoms with E-state index in [4.69, 9.17) is 0 Å². The lowest BCUT2D eigenvalue weighted by atomic mass is 10.1. The Balaban J connectivity index is 1.61. The number of fused-ring (bicyclic) bond motifs is 1. The van der Waals surface area contributed by atoms with E-state index < -0.39 is 9.84 Å². The molecular formula is C21H16BrFN4O3S. The molecule has 0 aliphatic rings. The van der Waals surface area contributed by atoms with Crippen molar-refractivity contribution in [1.82, 2.24) is 20.1 Å². The van der Waals surface area contributed by atoms with Crippen molar-refractivity contribution in [2.24, 2.45) is 0 Å². The molecular weight excluding hydrogens is 487 g/mol. The molecule has 1 N–H and O–H groups in total. The molecule has 0 aliphatic carbocycles. The molecule has 31 heavy (non-hydrogen) atoms. The summed E-state index contributed by atoms with van der Waals surface area (Å²) in [7, 11) is -3.38. The Hall–Kier alpha value is -3.11. The molecule has 2 aromatic carbocycles. The molecule has 4 rings (SSSR count). The maximum Gasteiger partial charge on any atom is 0.252 e. The molecule has 0 saturated carbocycles. The SMILES string of the molecule is CS(=O)(=O)c1ccc(CNC(=O)c2cccc3c2c(Br)nn3-c2ccc(F)cc2)cn1. The summed E-state index contributed by atoms with van der Waals surface area (Å²) in [5.74, 6) is -0.671. The van der Waals surface area contributed by atoms with Gasteiger partial charge in [0.05, 0.1) is 16.8 Å². The van der Waals surface area contributed by atoms with Crippen molar-refractivity contribution in [3.63, 3.8) is 0 Å². The summed E-state index contributed by atoms with van der Waals surface area (Å²) in [6.45, 7) is 0.177. The second kappa shape index (κ2) is 8.20. The molecule has 0 fully saturated rings. The van der Waals surface area contributed by atoms with Crippen LogP contribution >= 0.6 is 15.9 Å². The molecule has 0 atom stereocenters. The van der Waals surface area contributed by atoms with Crippen molar-refractivity contribution in [1.29, 1.82) is 0 Å². The number of pyridine rings is 1. The van der Waals surface area contributed by atoms with Gasteiger partial charge in [0.25, 0.3) is 5.91 Å². The summed E-state index contributed by atoms with van der Waals surface area (Å²) < 4.78 is 38.4. The fourth-order valence-corrected chi connectivity index (χ4v) is 4.24. The summed E-state index contributed by atoms with van der Waals surface area (Å²) in [6.07, 6.45) is 2.50. The molecule has 2 aromatic heterocycles. The van der Waals surface area contributed by atoms with Gasteiger partial charge in [0.15, 0.2) is 14.9 Å². The first-order chi connectivity index (χ1) is 14.7. The lowest BCUT2D eigenvalue weighted by Crippen LogP contribution is -2.23. The minimum atomic E-state index is -3.38. The third-order valence-corrected chi connectivity index (χ3v) is 6.17. The first kappa shape index (κ1) is 21.1. The molecule has 0 radical (unpaired) electrons. The molecule has 4 aromatic rings. The van der Waals surface area contributed by atoms with E-state index in [1.54, 1.807) is 35.0 Å². The summed E-state index contributed by atoms with van der Waals surface area (Å²) in [6, 6.07) is 14.2. The number of nitrogens with one attached hydrogen (secondary N) is 1. The maximum atomic E-state index is 13.3. The van der Waals surface area contributed by atoms with E-state index in [0.717, 1.165) is 6.26 Å². The van der Waals surface area contributed by atoms with Crippen molar-refractivity contribution in [3.05, 3.63) is 82.3 Å². The average Bonchev–Trinajstić information content (AvgIpc) is 3.09.